The molecule has 0 radical (unpaired) electrons. The van der Waals surface area contributed by atoms with Gasteiger partial charge in [-0.25, -0.2) is 0 Å². The van der Waals surface area contributed by atoms with E-state index in [0.717, 1.165) is 0 Å². The van der Waals surface area contributed by atoms with E-state index >= 15 is 0 Å². The molecular formula is C15H19NO2. The van der Waals surface area contributed by atoms with Crippen molar-refractivity contribution in [3.63, 3.8) is 0 Å². The Labute approximate surface area is 108 Å². The van der Waals surface area contributed by atoms with Gasteiger partial charge in [0, 0.05) is 5.57 Å². The molecule has 2 N–H and O–H groups in total. The second-order valence-corrected chi connectivity index (χ2v) is 3.30. The van der Waals surface area contributed by atoms with E-state index in [1.54, 1.807) is 31.2 Å². The summed E-state index contributed by atoms with van der Waals surface area (Å²) in [6, 6.07) is 0. The van der Waals surface area contributed by atoms with Crippen LogP contribution in [0, 0.1) is 0 Å². The molecule has 0 heterocycles. The molecule has 0 spiro atoms. The molecule has 3 nitrogen and oxygen atoms in total. The molecule has 18 heavy (non-hydrogen) atoms. The molecule has 0 bridgehead atoms. The maximum Gasteiger partial charge on any atom is 0.255 e. The molecular weight excluding hydrogens is 226 g/mol. The average Bonchev–Trinajstić information content (AvgIpc) is 2.35. The minimum absolute atomic E-state index is 0.0423. The van der Waals surface area contributed by atoms with Crippen LogP contribution in [0.2, 0.25) is 0 Å². The number of aliphatic hydroxyl groups excluding tert-OH is 1. The fraction of sp³-hybridized carbons (Fsp3) is 0.133. The molecule has 0 aromatic rings. The minimum Gasteiger partial charge on any atom is -0.506 e. The van der Waals surface area contributed by atoms with Crippen LogP contribution in [0.5, 0.6) is 0 Å². The molecule has 0 fully saturated rings. The van der Waals surface area contributed by atoms with E-state index in [0.29, 0.717) is 11.3 Å². The zero-order valence-electron chi connectivity index (χ0n) is 10.8. The quantitative estimate of drug-likeness (QED) is 0.428. The fourth-order valence-corrected chi connectivity index (χ4v) is 1.19. The monoisotopic (exact) mass is 245 g/mol. The van der Waals surface area contributed by atoms with Crippen molar-refractivity contribution in [2.45, 2.75) is 13.8 Å². The zero-order valence-corrected chi connectivity index (χ0v) is 10.8. The Morgan fingerprint density at radius 3 is 2.22 bits per heavy atom. The van der Waals surface area contributed by atoms with Crippen LogP contribution >= 0.6 is 0 Å². The highest BCUT2D eigenvalue weighted by atomic mass is 16.3. The highest BCUT2D eigenvalue weighted by Gasteiger charge is 2.09. The fourth-order valence-electron chi connectivity index (χ4n) is 1.19. The summed E-state index contributed by atoms with van der Waals surface area (Å²) in [4.78, 5) is 11.9. The predicted molar refractivity (Wildman–Crippen MR) is 75.9 cm³/mol. The Bertz CT molecular complexity index is 437. The van der Waals surface area contributed by atoms with E-state index in [1.165, 1.54) is 18.2 Å². The second kappa shape index (κ2) is 8.82. The summed E-state index contributed by atoms with van der Waals surface area (Å²) in [5.41, 5.74) is 0.789. The molecule has 0 aromatic heterocycles. The van der Waals surface area contributed by atoms with Crippen LogP contribution in [0.3, 0.4) is 0 Å². The average molecular weight is 245 g/mol. The lowest BCUT2D eigenvalue weighted by Crippen LogP contribution is -2.24. The van der Waals surface area contributed by atoms with Gasteiger partial charge in [0.15, 0.2) is 0 Å². The van der Waals surface area contributed by atoms with Gasteiger partial charge in [0.2, 0.25) is 0 Å². The third-order valence-corrected chi connectivity index (χ3v) is 1.99. The molecule has 0 saturated carbocycles. The minimum atomic E-state index is -0.315. The van der Waals surface area contributed by atoms with Crippen molar-refractivity contribution < 1.29 is 9.90 Å². The molecule has 0 aliphatic heterocycles. The van der Waals surface area contributed by atoms with Gasteiger partial charge in [-0.15, -0.1) is 0 Å². The van der Waals surface area contributed by atoms with Gasteiger partial charge in [-0.2, -0.15) is 0 Å². The number of amides is 1. The molecule has 3 heteroatoms. The number of aliphatic hydroxyl groups is 1. The van der Waals surface area contributed by atoms with Crippen molar-refractivity contribution in [3.05, 3.63) is 72.7 Å². The van der Waals surface area contributed by atoms with Gasteiger partial charge in [-0.05, 0) is 19.9 Å². The van der Waals surface area contributed by atoms with Crippen molar-refractivity contribution in [2.75, 3.05) is 0 Å². The Morgan fingerprint density at radius 2 is 1.78 bits per heavy atom. The van der Waals surface area contributed by atoms with E-state index in [1.807, 2.05) is 6.92 Å². The number of rotatable bonds is 6. The number of allylic oxidation sites excluding steroid dienone is 6. The lowest BCUT2D eigenvalue weighted by Gasteiger charge is -2.09. The van der Waals surface area contributed by atoms with Crippen molar-refractivity contribution in [2.24, 2.45) is 0 Å². The highest BCUT2D eigenvalue weighted by Crippen LogP contribution is 2.06. The van der Waals surface area contributed by atoms with Gasteiger partial charge < -0.3 is 10.4 Å². The lowest BCUT2D eigenvalue weighted by atomic mass is 10.2. The third kappa shape index (κ3) is 5.16. The smallest absolute Gasteiger partial charge is 0.255 e. The lowest BCUT2D eigenvalue weighted by molar-refractivity contribution is -0.116. The van der Waals surface area contributed by atoms with Crippen molar-refractivity contribution in [1.82, 2.24) is 5.32 Å². The van der Waals surface area contributed by atoms with E-state index in [-0.39, 0.29) is 11.7 Å². The maximum atomic E-state index is 11.9. The van der Waals surface area contributed by atoms with Crippen molar-refractivity contribution in [3.8, 4) is 0 Å². The molecule has 0 unspecified atom stereocenters. The SMILES string of the molecule is C=C/C=C(\C=C/C)C(=O)NC(=C/C)/C(O)=C\C=C. The number of hydrogen-bond acceptors (Lipinski definition) is 2. The summed E-state index contributed by atoms with van der Waals surface area (Å²) in [5, 5.41) is 12.3. The van der Waals surface area contributed by atoms with Gasteiger partial charge >= 0.3 is 0 Å². The van der Waals surface area contributed by atoms with Crippen LogP contribution < -0.4 is 5.32 Å². The molecule has 0 saturated heterocycles. The molecule has 0 aliphatic rings. The van der Waals surface area contributed by atoms with Gasteiger partial charge in [-0.1, -0.05) is 49.6 Å². The second-order valence-electron chi connectivity index (χ2n) is 3.30. The summed E-state index contributed by atoms with van der Waals surface area (Å²) in [7, 11) is 0. The number of nitrogens with one attached hydrogen (secondary N) is 1. The van der Waals surface area contributed by atoms with E-state index < -0.39 is 0 Å². The highest BCUT2D eigenvalue weighted by molar-refractivity contribution is 5.97. The Morgan fingerprint density at radius 1 is 1.17 bits per heavy atom. The van der Waals surface area contributed by atoms with Crippen LogP contribution in [0.4, 0.5) is 0 Å². The van der Waals surface area contributed by atoms with Crippen LogP contribution in [0.15, 0.2) is 72.7 Å². The summed E-state index contributed by atoms with van der Waals surface area (Å²) >= 11 is 0. The molecule has 0 atom stereocenters. The van der Waals surface area contributed by atoms with Crippen LogP contribution in [-0.2, 0) is 4.79 Å². The first-order chi connectivity index (χ1) is 8.60. The van der Waals surface area contributed by atoms with Crippen LogP contribution in [-0.4, -0.2) is 11.0 Å². The number of carbonyl (C=O) groups excluding carboxylic acids is 1. The van der Waals surface area contributed by atoms with Gasteiger partial charge in [0.05, 0.1) is 5.70 Å². The van der Waals surface area contributed by atoms with Gasteiger partial charge in [0.1, 0.15) is 5.76 Å². The van der Waals surface area contributed by atoms with Crippen molar-refractivity contribution >= 4 is 5.91 Å². The number of carbonyl (C=O) groups is 1. The van der Waals surface area contributed by atoms with Gasteiger partial charge in [0.25, 0.3) is 5.91 Å². The van der Waals surface area contributed by atoms with Crippen molar-refractivity contribution in [1.29, 1.82) is 0 Å². The molecule has 1 amide bonds. The van der Waals surface area contributed by atoms with E-state index in [9.17, 15) is 9.90 Å². The molecule has 0 rings (SSSR count). The molecule has 0 aliphatic carbocycles. The predicted octanol–water partition coefficient (Wildman–Crippen LogP) is 3.32. The number of hydrogen-bond donors (Lipinski definition) is 2. The summed E-state index contributed by atoms with van der Waals surface area (Å²) in [5.74, 6) is -0.357. The summed E-state index contributed by atoms with van der Waals surface area (Å²) in [6.07, 6.45) is 11.0. The standard InChI is InChI=1S/C15H19NO2/c1-5-9-12(10-6-2)15(18)16-13(8-4)14(17)11-7-3/h5-11,17H,1,3H2,2,4H3,(H,16,18)/b10-6-,12-9+,13-8+,14-11+. The largest absolute Gasteiger partial charge is 0.506 e. The van der Waals surface area contributed by atoms with Gasteiger partial charge in [-0.3, -0.25) is 4.79 Å². The first-order valence-electron chi connectivity index (χ1n) is 5.55. The molecule has 0 aromatic carbocycles. The topological polar surface area (TPSA) is 49.3 Å². The Balaban J connectivity index is 5.03. The zero-order chi connectivity index (χ0) is 14.0. The Hall–Kier alpha value is -2.29. The Kier molecular flexibility index (Phi) is 7.69. The summed E-state index contributed by atoms with van der Waals surface area (Å²) in [6.45, 7) is 10.6. The molecule has 96 valence electrons. The van der Waals surface area contributed by atoms with E-state index in [2.05, 4.69) is 18.5 Å². The van der Waals surface area contributed by atoms with E-state index in [4.69, 9.17) is 0 Å². The third-order valence-electron chi connectivity index (χ3n) is 1.99. The first kappa shape index (κ1) is 15.7. The summed E-state index contributed by atoms with van der Waals surface area (Å²) < 4.78 is 0. The maximum absolute atomic E-state index is 11.9. The normalized spacial score (nSPS) is 13.6. The van der Waals surface area contributed by atoms with Crippen LogP contribution in [0.25, 0.3) is 0 Å². The van der Waals surface area contributed by atoms with Crippen LogP contribution in [0.1, 0.15) is 13.8 Å². The first-order valence-corrected chi connectivity index (χ1v) is 5.55.